The van der Waals surface area contributed by atoms with Crippen molar-refractivity contribution < 1.29 is 5.11 Å². The van der Waals surface area contributed by atoms with E-state index in [0.29, 0.717) is 6.54 Å². The van der Waals surface area contributed by atoms with E-state index in [0.717, 1.165) is 37.9 Å². The third-order valence-electron chi connectivity index (χ3n) is 3.51. The number of β-amino-alcohol motifs (C(OH)–C–C–N with tert-alkyl or cyclic N) is 1. The van der Waals surface area contributed by atoms with Gasteiger partial charge >= 0.3 is 0 Å². The number of rotatable bonds is 3. The highest BCUT2D eigenvalue weighted by molar-refractivity contribution is 5.25. The second-order valence-corrected chi connectivity index (χ2v) is 5.27. The molecule has 1 fully saturated rings. The van der Waals surface area contributed by atoms with Crippen LogP contribution in [0.5, 0.6) is 0 Å². The number of hydrogen-bond acceptors (Lipinski definition) is 3. The van der Waals surface area contributed by atoms with Crippen LogP contribution >= 0.6 is 0 Å². The largest absolute Gasteiger partial charge is 0.388 e. The van der Waals surface area contributed by atoms with E-state index in [-0.39, 0.29) is 0 Å². The predicted molar refractivity (Wildman–Crippen MR) is 69.7 cm³/mol. The zero-order chi connectivity index (χ0) is 12.3. The van der Waals surface area contributed by atoms with Crippen molar-refractivity contribution in [2.24, 2.45) is 5.73 Å². The van der Waals surface area contributed by atoms with Gasteiger partial charge < -0.3 is 15.7 Å². The van der Waals surface area contributed by atoms with Gasteiger partial charge in [-0.05, 0) is 37.6 Å². The third kappa shape index (κ3) is 3.28. The van der Waals surface area contributed by atoms with Gasteiger partial charge in [-0.2, -0.15) is 0 Å². The molecule has 0 aliphatic carbocycles. The summed E-state index contributed by atoms with van der Waals surface area (Å²) in [5, 5.41) is 10.6. The van der Waals surface area contributed by atoms with E-state index in [1.54, 1.807) is 0 Å². The van der Waals surface area contributed by atoms with E-state index < -0.39 is 5.60 Å². The Hall–Kier alpha value is -0.900. The molecule has 1 saturated heterocycles. The van der Waals surface area contributed by atoms with E-state index in [9.17, 15) is 5.11 Å². The Labute approximate surface area is 103 Å². The van der Waals surface area contributed by atoms with Crippen molar-refractivity contribution in [1.82, 2.24) is 4.90 Å². The topological polar surface area (TPSA) is 49.5 Å². The maximum absolute atomic E-state index is 10.6. The molecule has 1 heterocycles. The van der Waals surface area contributed by atoms with Crippen LogP contribution in [0.2, 0.25) is 0 Å². The van der Waals surface area contributed by atoms with Crippen LogP contribution in [0.3, 0.4) is 0 Å². The lowest BCUT2D eigenvalue weighted by atomic mass is 9.86. The molecule has 2 rings (SSSR count). The minimum Gasteiger partial charge on any atom is -0.388 e. The molecule has 0 saturated carbocycles. The predicted octanol–water partition coefficient (Wildman–Crippen LogP) is 1.14. The van der Waals surface area contributed by atoms with Crippen LogP contribution in [0, 0.1) is 0 Å². The second-order valence-electron chi connectivity index (χ2n) is 5.27. The molecule has 17 heavy (non-hydrogen) atoms. The van der Waals surface area contributed by atoms with E-state index in [2.05, 4.69) is 24.1 Å². The average molecular weight is 234 g/mol. The Balaban J connectivity index is 2.08. The molecule has 94 valence electrons. The summed E-state index contributed by atoms with van der Waals surface area (Å²) in [6, 6.07) is 8.23. The molecule has 1 unspecified atom stereocenters. The zero-order valence-electron chi connectivity index (χ0n) is 10.5. The Kier molecular flexibility index (Phi) is 3.82. The molecule has 1 aliphatic rings. The lowest BCUT2D eigenvalue weighted by molar-refractivity contribution is -0.0223. The number of hydrogen-bond donors (Lipinski definition) is 2. The zero-order valence-corrected chi connectivity index (χ0v) is 10.5. The van der Waals surface area contributed by atoms with Crippen LogP contribution in [0.15, 0.2) is 24.3 Å². The number of likely N-dealkylation sites (N-methyl/N-ethyl adjacent to an activating group) is 1. The SMILES string of the molecule is CN1CCCC(O)(Cc2cccc(CN)c2)C1. The minimum absolute atomic E-state index is 0.562. The summed E-state index contributed by atoms with van der Waals surface area (Å²) in [5.74, 6) is 0. The minimum atomic E-state index is -0.569. The molecule has 1 aromatic carbocycles. The molecule has 1 aromatic rings. The average Bonchev–Trinajstić information content (AvgIpc) is 2.28. The number of likely N-dealkylation sites (tertiary alicyclic amines) is 1. The lowest BCUT2D eigenvalue weighted by Crippen LogP contribution is -2.47. The Bertz CT molecular complexity index is 380. The van der Waals surface area contributed by atoms with Crippen molar-refractivity contribution in [1.29, 1.82) is 0 Å². The molecule has 0 radical (unpaired) electrons. The van der Waals surface area contributed by atoms with Crippen LogP contribution in [-0.2, 0) is 13.0 Å². The summed E-state index contributed by atoms with van der Waals surface area (Å²) >= 11 is 0. The molecule has 0 aromatic heterocycles. The molecule has 1 atom stereocenters. The maximum atomic E-state index is 10.6. The standard InChI is InChI=1S/C14H22N2O/c1-16-7-3-6-14(17,11-16)9-12-4-2-5-13(8-12)10-15/h2,4-5,8,17H,3,6-7,9-11,15H2,1H3. The maximum Gasteiger partial charge on any atom is 0.0814 e. The van der Waals surface area contributed by atoms with E-state index in [4.69, 9.17) is 5.73 Å². The van der Waals surface area contributed by atoms with Crippen LogP contribution in [0.4, 0.5) is 0 Å². The van der Waals surface area contributed by atoms with Gasteiger partial charge in [0.25, 0.3) is 0 Å². The Morgan fingerprint density at radius 2 is 2.18 bits per heavy atom. The summed E-state index contributed by atoms with van der Waals surface area (Å²) in [6.07, 6.45) is 2.69. The summed E-state index contributed by atoms with van der Waals surface area (Å²) in [7, 11) is 2.07. The lowest BCUT2D eigenvalue weighted by Gasteiger charge is -2.37. The first-order valence-corrected chi connectivity index (χ1v) is 6.30. The first kappa shape index (κ1) is 12.6. The van der Waals surface area contributed by atoms with Crippen LogP contribution in [0.25, 0.3) is 0 Å². The van der Waals surface area contributed by atoms with Crippen LogP contribution < -0.4 is 5.73 Å². The van der Waals surface area contributed by atoms with Crippen molar-refractivity contribution in [2.75, 3.05) is 20.1 Å². The quantitative estimate of drug-likeness (QED) is 0.824. The highest BCUT2D eigenvalue weighted by Crippen LogP contribution is 2.24. The van der Waals surface area contributed by atoms with Gasteiger partial charge in [0.15, 0.2) is 0 Å². The van der Waals surface area contributed by atoms with Crippen molar-refractivity contribution in [3.8, 4) is 0 Å². The fraction of sp³-hybridized carbons (Fsp3) is 0.571. The first-order chi connectivity index (χ1) is 8.11. The molecule has 0 spiro atoms. The van der Waals surface area contributed by atoms with Crippen LogP contribution in [-0.4, -0.2) is 35.7 Å². The van der Waals surface area contributed by atoms with Crippen molar-refractivity contribution in [2.45, 2.75) is 31.4 Å². The normalized spacial score (nSPS) is 26.1. The van der Waals surface area contributed by atoms with E-state index >= 15 is 0 Å². The Morgan fingerprint density at radius 3 is 2.88 bits per heavy atom. The number of nitrogens with zero attached hydrogens (tertiary/aromatic N) is 1. The summed E-state index contributed by atoms with van der Waals surface area (Å²) in [4.78, 5) is 2.20. The van der Waals surface area contributed by atoms with E-state index in [1.165, 1.54) is 5.56 Å². The third-order valence-corrected chi connectivity index (χ3v) is 3.51. The van der Waals surface area contributed by atoms with Crippen molar-refractivity contribution in [3.63, 3.8) is 0 Å². The molecule has 3 N–H and O–H groups in total. The monoisotopic (exact) mass is 234 g/mol. The molecule has 3 nitrogen and oxygen atoms in total. The Morgan fingerprint density at radius 1 is 1.41 bits per heavy atom. The van der Waals surface area contributed by atoms with Gasteiger partial charge in [0.2, 0.25) is 0 Å². The second kappa shape index (κ2) is 5.17. The number of aliphatic hydroxyl groups is 1. The van der Waals surface area contributed by atoms with Gasteiger partial charge in [-0.3, -0.25) is 0 Å². The highest BCUT2D eigenvalue weighted by Gasteiger charge is 2.31. The van der Waals surface area contributed by atoms with Gasteiger partial charge in [-0.15, -0.1) is 0 Å². The molecule has 3 heteroatoms. The highest BCUT2D eigenvalue weighted by atomic mass is 16.3. The van der Waals surface area contributed by atoms with E-state index in [1.807, 2.05) is 12.1 Å². The molecule has 0 amide bonds. The summed E-state index contributed by atoms with van der Waals surface area (Å²) in [6.45, 7) is 2.41. The van der Waals surface area contributed by atoms with Gasteiger partial charge in [0.05, 0.1) is 5.60 Å². The first-order valence-electron chi connectivity index (χ1n) is 6.30. The molecule has 1 aliphatic heterocycles. The smallest absolute Gasteiger partial charge is 0.0814 e. The summed E-state index contributed by atoms with van der Waals surface area (Å²) in [5.41, 5.74) is 7.39. The fourth-order valence-corrected chi connectivity index (χ4v) is 2.73. The van der Waals surface area contributed by atoms with Gasteiger partial charge in [0.1, 0.15) is 0 Å². The molecular weight excluding hydrogens is 212 g/mol. The van der Waals surface area contributed by atoms with Crippen molar-refractivity contribution >= 4 is 0 Å². The molecular formula is C14H22N2O. The van der Waals surface area contributed by atoms with Crippen molar-refractivity contribution in [3.05, 3.63) is 35.4 Å². The van der Waals surface area contributed by atoms with Gasteiger partial charge in [-0.1, -0.05) is 24.3 Å². The number of piperidine rings is 1. The molecule has 0 bridgehead atoms. The van der Waals surface area contributed by atoms with Gasteiger partial charge in [-0.25, -0.2) is 0 Å². The summed E-state index contributed by atoms with van der Waals surface area (Å²) < 4.78 is 0. The van der Waals surface area contributed by atoms with Crippen LogP contribution in [0.1, 0.15) is 24.0 Å². The number of benzene rings is 1. The number of nitrogens with two attached hydrogens (primary N) is 1. The van der Waals surface area contributed by atoms with Gasteiger partial charge in [0, 0.05) is 19.5 Å². The fourth-order valence-electron chi connectivity index (χ4n) is 2.73.